The topological polar surface area (TPSA) is 138 Å². The Labute approximate surface area is 236 Å². The van der Waals surface area contributed by atoms with Gasteiger partial charge in [0.15, 0.2) is 11.5 Å². The molecule has 0 atom stereocenters. The van der Waals surface area contributed by atoms with Gasteiger partial charge >= 0.3 is 24.1 Å². The van der Waals surface area contributed by atoms with E-state index in [9.17, 15) is 19.2 Å². The molecule has 0 saturated heterocycles. The summed E-state index contributed by atoms with van der Waals surface area (Å²) in [7, 11) is 0. The van der Waals surface area contributed by atoms with Crippen molar-refractivity contribution in [2.75, 3.05) is 32.9 Å². The molecular weight excluding hydrogens is 532 g/mol. The van der Waals surface area contributed by atoms with Crippen LogP contribution in [0.5, 0.6) is 17.2 Å². The number of carbonyl (C=O) groups is 4. The first-order chi connectivity index (χ1) is 19.9. The van der Waals surface area contributed by atoms with Crippen LogP contribution in [-0.4, -0.2) is 57.0 Å². The maximum absolute atomic E-state index is 12.6. The molecule has 11 nitrogen and oxygen atoms in total. The van der Waals surface area contributed by atoms with Crippen molar-refractivity contribution in [1.29, 1.82) is 0 Å². The zero-order valence-electron chi connectivity index (χ0n) is 22.3. The van der Waals surface area contributed by atoms with E-state index >= 15 is 0 Å². The molecular formula is C30H30N2O9. The molecule has 0 radical (unpaired) electrons. The number of carbonyl (C=O) groups excluding carboxylic acids is 4. The van der Waals surface area contributed by atoms with Crippen molar-refractivity contribution >= 4 is 34.9 Å². The van der Waals surface area contributed by atoms with Crippen LogP contribution in [-0.2, 0) is 25.5 Å². The van der Waals surface area contributed by atoms with Crippen molar-refractivity contribution in [2.24, 2.45) is 0 Å². The largest absolute Gasteiger partial charge is 0.489 e. The predicted octanol–water partition coefficient (Wildman–Crippen LogP) is 4.10. The van der Waals surface area contributed by atoms with Crippen LogP contribution in [0.4, 0.5) is 9.59 Å². The van der Waals surface area contributed by atoms with Gasteiger partial charge in [-0.25, -0.2) is 19.2 Å². The Morgan fingerprint density at radius 2 is 1.24 bits per heavy atom. The van der Waals surface area contributed by atoms with E-state index in [1.165, 1.54) is 6.07 Å². The number of nitrogens with one attached hydrogen (secondary N) is 2. The van der Waals surface area contributed by atoms with Gasteiger partial charge in [0.25, 0.3) is 0 Å². The minimum absolute atomic E-state index is 0.00399. The van der Waals surface area contributed by atoms with Gasteiger partial charge in [-0.3, -0.25) is 0 Å². The standard InChI is InChI=1S/C30H30N2O9/c1-3-26(33)38-18-15-31-29(35)40-24-20-25(37-17-14-21-10-6-5-7-11-21)28(23-13-9-8-12-22(23)24)41-30(36)32-16-19-39-27(34)4-2/h3-13,20H,1-2,14-19H2,(H,31,35)(H,32,36). The molecule has 0 heterocycles. The minimum atomic E-state index is -0.807. The van der Waals surface area contributed by atoms with E-state index in [1.54, 1.807) is 24.3 Å². The lowest BCUT2D eigenvalue weighted by Gasteiger charge is -2.17. The van der Waals surface area contributed by atoms with E-state index in [-0.39, 0.29) is 50.2 Å². The highest BCUT2D eigenvalue weighted by molar-refractivity contribution is 5.98. The molecule has 214 valence electrons. The van der Waals surface area contributed by atoms with Crippen LogP contribution in [0.3, 0.4) is 0 Å². The maximum Gasteiger partial charge on any atom is 0.412 e. The van der Waals surface area contributed by atoms with Gasteiger partial charge in [-0.15, -0.1) is 0 Å². The molecule has 0 bridgehead atoms. The number of hydrogen-bond donors (Lipinski definition) is 2. The summed E-state index contributed by atoms with van der Waals surface area (Å²) in [5, 5.41) is 5.92. The van der Waals surface area contributed by atoms with Crippen molar-refractivity contribution in [3.05, 3.63) is 91.5 Å². The smallest absolute Gasteiger partial charge is 0.412 e. The van der Waals surface area contributed by atoms with E-state index in [2.05, 4.69) is 23.8 Å². The van der Waals surface area contributed by atoms with Crippen molar-refractivity contribution in [1.82, 2.24) is 10.6 Å². The fourth-order valence-corrected chi connectivity index (χ4v) is 3.50. The summed E-state index contributed by atoms with van der Waals surface area (Å²) < 4.78 is 26.9. The third kappa shape index (κ3) is 9.74. The lowest BCUT2D eigenvalue weighted by molar-refractivity contribution is -0.138. The number of esters is 2. The second-order valence-electron chi connectivity index (χ2n) is 8.21. The van der Waals surface area contributed by atoms with Crippen molar-refractivity contribution in [3.8, 4) is 17.2 Å². The second-order valence-corrected chi connectivity index (χ2v) is 8.21. The van der Waals surface area contributed by atoms with Crippen LogP contribution >= 0.6 is 0 Å². The van der Waals surface area contributed by atoms with Crippen LogP contribution < -0.4 is 24.8 Å². The quantitative estimate of drug-likeness (QED) is 0.169. The van der Waals surface area contributed by atoms with E-state index in [0.29, 0.717) is 17.2 Å². The van der Waals surface area contributed by atoms with Crippen molar-refractivity contribution < 1.29 is 42.9 Å². The molecule has 2 N–H and O–H groups in total. The lowest BCUT2D eigenvalue weighted by Crippen LogP contribution is -2.31. The maximum atomic E-state index is 12.6. The molecule has 0 fully saturated rings. The van der Waals surface area contributed by atoms with Crippen LogP contribution in [0.25, 0.3) is 10.8 Å². The minimum Gasteiger partial charge on any atom is -0.489 e. The van der Waals surface area contributed by atoms with Crippen LogP contribution in [0.2, 0.25) is 0 Å². The lowest BCUT2D eigenvalue weighted by atomic mass is 10.1. The van der Waals surface area contributed by atoms with Crippen molar-refractivity contribution in [3.63, 3.8) is 0 Å². The molecule has 41 heavy (non-hydrogen) atoms. The predicted molar refractivity (Wildman–Crippen MR) is 150 cm³/mol. The highest BCUT2D eigenvalue weighted by atomic mass is 16.6. The summed E-state index contributed by atoms with van der Waals surface area (Å²) in [4.78, 5) is 47.5. The monoisotopic (exact) mass is 562 g/mol. The van der Waals surface area contributed by atoms with Gasteiger partial charge in [-0.05, 0) is 5.56 Å². The Balaban J connectivity index is 1.80. The molecule has 2 amide bonds. The normalized spacial score (nSPS) is 10.1. The third-order valence-corrected chi connectivity index (χ3v) is 5.38. The summed E-state index contributed by atoms with van der Waals surface area (Å²) in [5.74, 6) is -0.799. The molecule has 0 saturated carbocycles. The number of rotatable bonds is 14. The van der Waals surface area contributed by atoms with E-state index in [4.69, 9.17) is 23.7 Å². The molecule has 3 aromatic rings. The number of amides is 2. The first-order valence-corrected chi connectivity index (χ1v) is 12.6. The van der Waals surface area contributed by atoms with E-state index < -0.39 is 24.1 Å². The van der Waals surface area contributed by atoms with Gasteiger partial charge < -0.3 is 34.3 Å². The Bertz CT molecular complexity index is 1390. The zero-order valence-corrected chi connectivity index (χ0v) is 22.3. The molecule has 11 heteroatoms. The average Bonchev–Trinajstić information content (AvgIpc) is 2.99. The third-order valence-electron chi connectivity index (χ3n) is 5.38. The Morgan fingerprint density at radius 1 is 0.683 bits per heavy atom. The van der Waals surface area contributed by atoms with Gasteiger partial charge in [0.05, 0.1) is 19.7 Å². The van der Waals surface area contributed by atoms with Crippen molar-refractivity contribution in [2.45, 2.75) is 6.42 Å². The SMILES string of the molecule is C=CC(=O)OCCNC(=O)Oc1cc(OCCc2ccccc2)c(OC(=O)NCCOC(=O)C=C)c2ccccc12. The fourth-order valence-electron chi connectivity index (χ4n) is 3.50. The second kappa shape index (κ2) is 15.9. The first kappa shape index (κ1) is 30.2. The van der Waals surface area contributed by atoms with Gasteiger partial charge in [0, 0.05) is 35.4 Å². The van der Waals surface area contributed by atoms with Gasteiger partial charge in [0.1, 0.15) is 19.0 Å². The molecule has 0 unspecified atom stereocenters. The van der Waals surface area contributed by atoms with Gasteiger partial charge in [-0.1, -0.05) is 67.8 Å². The highest BCUT2D eigenvalue weighted by Crippen LogP contribution is 2.42. The molecule has 0 spiro atoms. The van der Waals surface area contributed by atoms with E-state index in [0.717, 1.165) is 17.7 Å². The van der Waals surface area contributed by atoms with Gasteiger partial charge in [-0.2, -0.15) is 0 Å². The Kier molecular flexibility index (Phi) is 11.7. The number of fused-ring (bicyclic) bond motifs is 1. The summed E-state index contributed by atoms with van der Waals surface area (Å²) in [5.41, 5.74) is 1.04. The first-order valence-electron chi connectivity index (χ1n) is 12.6. The number of hydrogen-bond acceptors (Lipinski definition) is 9. The highest BCUT2D eigenvalue weighted by Gasteiger charge is 2.20. The average molecular weight is 563 g/mol. The van der Waals surface area contributed by atoms with Crippen LogP contribution in [0.1, 0.15) is 5.56 Å². The molecule has 0 aliphatic carbocycles. The molecule has 0 aliphatic rings. The molecule has 0 aromatic heterocycles. The summed E-state index contributed by atoms with van der Waals surface area (Å²) >= 11 is 0. The van der Waals surface area contributed by atoms with E-state index in [1.807, 2.05) is 30.3 Å². The van der Waals surface area contributed by atoms with Crippen LogP contribution in [0, 0.1) is 0 Å². The molecule has 3 aromatic carbocycles. The van der Waals surface area contributed by atoms with Crippen LogP contribution in [0.15, 0.2) is 86.0 Å². The summed E-state index contributed by atoms with van der Waals surface area (Å²) in [6, 6.07) is 18.0. The number of benzene rings is 3. The summed E-state index contributed by atoms with van der Waals surface area (Å²) in [6.45, 7) is 6.73. The molecule has 3 rings (SSSR count). The Morgan fingerprint density at radius 3 is 1.85 bits per heavy atom. The van der Waals surface area contributed by atoms with Gasteiger partial charge in [0.2, 0.25) is 0 Å². The fraction of sp³-hybridized carbons (Fsp3) is 0.200. The molecule has 0 aliphatic heterocycles. The Hall–Kier alpha value is -5.32. The number of ether oxygens (including phenoxy) is 5. The summed E-state index contributed by atoms with van der Waals surface area (Å²) in [6.07, 6.45) is 1.00. The zero-order chi connectivity index (χ0) is 29.5.